The highest BCUT2D eigenvalue weighted by Gasteiger charge is 2.49. The van der Waals surface area contributed by atoms with Crippen LogP contribution in [0.1, 0.15) is 25.3 Å². The van der Waals surface area contributed by atoms with Crippen molar-refractivity contribution in [3.8, 4) is 0 Å². The quantitative estimate of drug-likeness (QED) is 0.820. The maximum absolute atomic E-state index is 14.7. The number of hydrogen-bond acceptors (Lipinski definition) is 4. The number of nitrogens with two attached hydrogens (primary N) is 1. The molecule has 3 N–H and O–H groups in total. The minimum Gasteiger partial charge on any atom is -0.436 e. The number of benzene rings is 1. The third-order valence-electron chi connectivity index (χ3n) is 4.49. The van der Waals surface area contributed by atoms with Gasteiger partial charge >= 0.3 is 6.09 Å². The van der Waals surface area contributed by atoms with E-state index in [2.05, 4.69) is 5.32 Å². The molecule has 1 aromatic rings. The summed E-state index contributed by atoms with van der Waals surface area (Å²) in [4.78, 5) is 25.5. The molecule has 0 bridgehead atoms. The first-order valence-electron chi connectivity index (χ1n) is 7.36. The Balaban J connectivity index is 2.10. The second kappa shape index (κ2) is 5.65. The first kappa shape index (κ1) is 16.0. The summed E-state index contributed by atoms with van der Waals surface area (Å²) >= 11 is 5.90. The van der Waals surface area contributed by atoms with E-state index in [1.807, 2.05) is 6.92 Å². The number of likely N-dealkylation sites (tertiary alicyclic amines) is 1. The molecule has 0 saturated carbocycles. The van der Waals surface area contributed by atoms with Crippen molar-refractivity contribution in [2.75, 3.05) is 18.4 Å². The Kier molecular flexibility index (Phi) is 3.93. The number of piperidine rings is 1. The number of ether oxygens (including phenoxy) is 1. The lowest BCUT2D eigenvalue weighted by Crippen LogP contribution is -2.57. The second-order valence-electron chi connectivity index (χ2n) is 5.91. The number of anilines is 1. The van der Waals surface area contributed by atoms with Crippen LogP contribution in [0.4, 0.5) is 14.9 Å². The summed E-state index contributed by atoms with van der Waals surface area (Å²) in [5, 5.41) is 2.42. The molecule has 1 spiro atoms. The van der Waals surface area contributed by atoms with Gasteiger partial charge in [0.25, 0.3) is 0 Å². The minimum absolute atomic E-state index is 0.0572. The van der Waals surface area contributed by atoms with Gasteiger partial charge in [0.2, 0.25) is 5.91 Å². The Bertz CT molecular complexity index is 684. The fraction of sp³-hybridized carbons (Fsp3) is 0.467. The highest BCUT2D eigenvalue weighted by Crippen LogP contribution is 2.46. The van der Waals surface area contributed by atoms with Gasteiger partial charge in [0.15, 0.2) is 11.4 Å². The molecule has 2 heterocycles. The number of rotatable bonds is 1. The number of carbonyl (C=O) groups is 2. The first-order valence-corrected chi connectivity index (χ1v) is 7.74. The Morgan fingerprint density at radius 1 is 1.61 bits per heavy atom. The Hall–Kier alpha value is -1.86. The maximum atomic E-state index is 14.7. The number of nitrogens with zero attached hydrogens (tertiary/aromatic N) is 1. The Morgan fingerprint density at radius 3 is 3.04 bits per heavy atom. The monoisotopic (exact) mass is 341 g/mol. The van der Waals surface area contributed by atoms with Gasteiger partial charge in [-0.25, -0.2) is 9.18 Å². The van der Waals surface area contributed by atoms with Crippen molar-refractivity contribution in [3.63, 3.8) is 0 Å². The molecule has 2 amide bonds. The number of hydrogen-bond donors (Lipinski definition) is 2. The lowest BCUT2D eigenvalue weighted by Gasteiger charge is -2.47. The molecule has 6 nitrogen and oxygen atoms in total. The van der Waals surface area contributed by atoms with Gasteiger partial charge in [-0.2, -0.15) is 0 Å². The molecule has 2 aliphatic heterocycles. The van der Waals surface area contributed by atoms with E-state index in [-0.39, 0.29) is 35.6 Å². The van der Waals surface area contributed by atoms with Crippen molar-refractivity contribution < 1.29 is 18.7 Å². The number of carbonyl (C=O) groups excluding carboxylic acids is 2. The maximum Gasteiger partial charge on any atom is 0.412 e. The normalized spacial score (nSPS) is 26.5. The number of amides is 2. The molecule has 0 radical (unpaired) electrons. The zero-order valence-corrected chi connectivity index (χ0v) is 13.3. The van der Waals surface area contributed by atoms with Gasteiger partial charge in [-0.05, 0) is 31.9 Å². The van der Waals surface area contributed by atoms with Gasteiger partial charge < -0.3 is 15.4 Å². The van der Waals surface area contributed by atoms with Gasteiger partial charge in [-0.3, -0.25) is 10.1 Å². The predicted octanol–water partition coefficient (Wildman–Crippen LogP) is 2.21. The smallest absolute Gasteiger partial charge is 0.412 e. The van der Waals surface area contributed by atoms with Crippen LogP contribution in [0, 0.1) is 5.82 Å². The van der Waals surface area contributed by atoms with E-state index in [0.29, 0.717) is 18.5 Å². The van der Waals surface area contributed by atoms with Crippen LogP contribution in [0.25, 0.3) is 0 Å². The van der Waals surface area contributed by atoms with E-state index < -0.39 is 17.5 Å². The van der Waals surface area contributed by atoms with E-state index in [9.17, 15) is 14.0 Å². The fourth-order valence-corrected chi connectivity index (χ4v) is 3.47. The average molecular weight is 342 g/mol. The zero-order valence-electron chi connectivity index (χ0n) is 12.6. The van der Waals surface area contributed by atoms with Crippen LogP contribution in [0.5, 0.6) is 0 Å². The van der Waals surface area contributed by atoms with Crippen LogP contribution < -0.4 is 11.1 Å². The number of nitrogens with one attached hydrogen (secondary N) is 1. The minimum atomic E-state index is -1.25. The topological polar surface area (TPSA) is 84.7 Å². The second-order valence-corrected chi connectivity index (χ2v) is 6.31. The lowest BCUT2D eigenvalue weighted by molar-refractivity contribution is -0.141. The molecule has 124 valence electrons. The Morgan fingerprint density at radius 2 is 2.35 bits per heavy atom. The van der Waals surface area contributed by atoms with Crippen molar-refractivity contribution in [2.45, 2.75) is 31.4 Å². The van der Waals surface area contributed by atoms with Crippen LogP contribution in [0.15, 0.2) is 12.1 Å². The summed E-state index contributed by atoms with van der Waals surface area (Å²) in [6, 6.07) is 2.86. The van der Waals surface area contributed by atoms with Gasteiger partial charge in [0.1, 0.15) is 0 Å². The van der Waals surface area contributed by atoms with Crippen molar-refractivity contribution in [1.29, 1.82) is 0 Å². The van der Waals surface area contributed by atoms with E-state index in [1.54, 1.807) is 0 Å². The van der Waals surface area contributed by atoms with E-state index in [0.717, 1.165) is 0 Å². The summed E-state index contributed by atoms with van der Waals surface area (Å²) in [7, 11) is 0. The largest absolute Gasteiger partial charge is 0.436 e. The van der Waals surface area contributed by atoms with Crippen LogP contribution >= 0.6 is 11.6 Å². The molecule has 2 unspecified atom stereocenters. The van der Waals surface area contributed by atoms with Gasteiger partial charge in [0, 0.05) is 6.04 Å². The molecule has 3 rings (SSSR count). The molecular formula is C15H17ClFN3O3. The van der Waals surface area contributed by atoms with Crippen LogP contribution in [0.3, 0.4) is 0 Å². The predicted molar refractivity (Wildman–Crippen MR) is 82.7 cm³/mol. The van der Waals surface area contributed by atoms with E-state index >= 15 is 0 Å². The van der Waals surface area contributed by atoms with Crippen molar-refractivity contribution in [1.82, 2.24) is 4.90 Å². The van der Waals surface area contributed by atoms with Crippen LogP contribution in [0.2, 0.25) is 5.02 Å². The first-order chi connectivity index (χ1) is 10.9. The molecule has 1 fully saturated rings. The van der Waals surface area contributed by atoms with E-state index in [4.69, 9.17) is 22.1 Å². The van der Waals surface area contributed by atoms with Crippen molar-refractivity contribution in [2.24, 2.45) is 5.73 Å². The summed E-state index contributed by atoms with van der Waals surface area (Å²) in [5.41, 5.74) is 4.71. The van der Waals surface area contributed by atoms with Crippen LogP contribution in [-0.2, 0) is 15.1 Å². The molecule has 0 aliphatic carbocycles. The van der Waals surface area contributed by atoms with Crippen LogP contribution in [-0.4, -0.2) is 36.0 Å². The highest BCUT2D eigenvalue weighted by molar-refractivity contribution is 6.31. The van der Waals surface area contributed by atoms with Gasteiger partial charge in [-0.15, -0.1) is 0 Å². The van der Waals surface area contributed by atoms with Crippen molar-refractivity contribution >= 4 is 29.3 Å². The molecule has 2 aliphatic rings. The zero-order chi connectivity index (χ0) is 16.8. The summed E-state index contributed by atoms with van der Waals surface area (Å²) in [6.45, 7) is 1.79. The van der Waals surface area contributed by atoms with E-state index in [1.165, 1.54) is 17.0 Å². The molecule has 2 atom stereocenters. The third kappa shape index (κ3) is 2.53. The third-order valence-corrected chi connectivity index (χ3v) is 4.79. The molecule has 1 saturated heterocycles. The molecular weight excluding hydrogens is 325 g/mol. The number of fused-ring (bicyclic) bond motifs is 2. The Labute approximate surface area is 137 Å². The summed E-state index contributed by atoms with van der Waals surface area (Å²) in [6.07, 6.45) is 0.291. The molecule has 0 aromatic heterocycles. The molecule has 1 aromatic carbocycles. The highest BCUT2D eigenvalue weighted by atomic mass is 35.5. The molecule has 23 heavy (non-hydrogen) atoms. The SMILES string of the molecule is CC1CCC2(CN1C(=O)CN)OC(=O)Nc1ccc(Cl)c(F)c12. The summed E-state index contributed by atoms with van der Waals surface area (Å²) in [5.74, 6) is -0.908. The van der Waals surface area contributed by atoms with Crippen molar-refractivity contribution in [3.05, 3.63) is 28.5 Å². The average Bonchev–Trinajstić information content (AvgIpc) is 2.52. The fourth-order valence-electron chi connectivity index (χ4n) is 3.31. The van der Waals surface area contributed by atoms with Gasteiger partial charge in [0.05, 0.1) is 29.4 Å². The van der Waals surface area contributed by atoms with Gasteiger partial charge in [-0.1, -0.05) is 11.6 Å². The molecule has 8 heteroatoms. The summed E-state index contributed by atoms with van der Waals surface area (Å²) < 4.78 is 20.1. The lowest BCUT2D eigenvalue weighted by atomic mass is 9.81. The standard InChI is InChI=1S/C15H17ClFN3O3/c1-8-4-5-15(7-20(8)11(21)6-18)12-10(19-14(22)23-15)3-2-9(16)13(12)17/h2-3,8H,4-7,18H2,1H3,(H,19,22). The number of halogens is 2.